The van der Waals surface area contributed by atoms with E-state index < -0.39 is 10.0 Å². The van der Waals surface area contributed by atoms with Gasteiger partial charge in [0.15, 0.2) is 5.82 Å². The Kier molecular flexibility index (Phi) is 5.10. The molecule has 7 nitrogen and oxygen atoms in total. The Labute approximate surface area is 148 Å². The van der Waals surface area contributed by atoms with Gasteiger partial charge in [-0.05, 0) is 50.8 Å². The number of aromatic nitrogens is 2. The van der Waals surface area contributed by atoms with Crippen molar-refractivity contribution >= 4 is 10.0 Å². The second-order valence-corrected chi connectivity index (χ2v) is 8.26. The largest absolute Gasteiger partial charge is 0.493 e. The van der Waals surface area contributed by atoms with Gasteiger partial charge in [-0.2, -0.15) is 9.29 Å². The molecule has 0 N–H and O–H groups in total. The Hall–Kier alpha value is -1.93. The summed E-state index contributed by atoms with van der Waals surface area (Å²) < 4.78 is 38.3. The Balaban J connectivity index is 1.99. The molecule has 8 heteroatoms. The highest BCUT2D eigenvalue weighted by molar-refractivity contribution is 7.89. The molecule has 25 heavy (non-hydrogen) atoms. The molecule has 1 aromatic heterocycles. The fraction of sp³-hybridized carbons (Fsp3) is 0.529. The maximum atomic E-state index is 13.0. The molecule has 136 valence electrons. The van der Waals surface area contributed by atoms with Crippen molar-refractivity contribution in [1.29, 1.82) is 0 Å². The smallest absolute Gasteiger partial charge is 0.261 e. The van der Waals surface area contributed by atoms with E-state index in [4.69, 9.17) is 9.26 Å². The molecule has 0 aliphatic carbocycles. The van der Waals surface area contributed by atoms with Gasteiger partial charge in [-0.25, -0.2) is 8.42 Å². The number of piperidine rings is 1. The minimum Gasteiger partial charge on any atom is -0.493 e. The predicted octanol–water partition coefficient (Wildman–Crippen LogP) is 2.86. The van der Waals surface area contributed by atoms with Crippen LogP contribution in [-0.2, 0) is 10.0 Å². The first-order chi connectivity index (χ1) is 11.9. The van der Waals surface area contributed by atoms with Crippen LogP contribution in [0.25, 0.3) is 11.5 Å². The van der Waals surface area contributed by atoms with Gasteiger partial charge in [0.25, 0.3) is 5.89 Å². The van der Waals surface area contributed by atoms with Gasteiger partial charge in [0.05, 0.1) is 17.1 Å². The number of nitrogens with zero attached hydrogens (tertiary/aromatic N) is 3. The standard InChI is InChI=1S/C17H23N3O4S/c1-4-23-16-6-5-14(11-15(16)17-18-13(3)19-24-17)25(21,22)20-9-7-12(2)8-10-20/h5-6,11-12H,4,7-10H2,1-3H3. The van der Waals surface area contributed by atoms with Crippen LogP contribution in [0.1, 0.15) is 32.5 Å². The molecule has 0 bridgehead atoms. The molecular formula is C17H23N3O4S. The molecule has 1 saturated heterocycles. The van der Waals surface area contributed by atoms with Crippen LogP contribution in [0.3, 0.4) is 0 Å². The van der Waals surface area contributed by atoms with Gasteiger partial charge in [-0.3, -0.25) is 0 Å². The Morgan fingerprint density at radius 2 is 2.04 bits per heavy atom. The van der Waals surface area contributed by atoms with E-state index in [1.165, 1.54) is 0 Å². The van der Waals surface area contributed by atoms with Crippen molar-refractivity contribution in [3.63, 3.8) is 0 Å². The van der Waals surface area contributed by atoms with Crippen LogP contribution in [0.5, 0.6) is 5.75 Å². The highest BCUT2D eigenvalue weighted by Gasteiger charge is 2.29. The van der Waals surface area contributed by atoms with Crippen molar-refractivity contribution in [2.24, 2.45) is 5.92 Å². The van der Waals surface area contributed by atoms with Crippen LogP contribution in [0.4, 0.5) is 0 Å². The van der Waals surface area contributed by atoms with Gasteiger partial charge in [0.1, 0.15) is 5.75 Å². The monoisotopic (exact) mass is 365 g/mol. The van der Waals surface area contributed by atoms with E-state index in [9.17, 15) is 8.42 Å². The molecule has 2 heterocycles. The van der Waals surface area contributed by atoms with Crippen LogP contribution in [0, 0.1) is 12.8 Å². The fourth-order valence-corrected chi connectivity index (χ4v) is 4.40. The second-order valence-electron chi connectivity index (χ2n) is 6.32. The number of ether oxygens (including phenoxy) is 1. The molecule has 1 aliphatic heterocycles. The normalized spacial score (nSPS) is 16.9. The Bertz CT molecular complexity index is 839. The summed E-state index contributed by atoms with van der Waals surface area (Å²) in [6.07, 6.45) is 1.76. The highest BCUT2D eigenvalue weighted by atomic mass is 32.2. The van der Waals surface area contributed by atoms with E-state index >= 15 is 0 Å². The molecule has 0 radical (unpaired) electrons. The van der Waals surface area contributed by atoms with E-state index in [0.29, 0.717) is 42.8 Å². The average Bonchev–Trinajstić information content (AvgIpc) is 3.02. The third-order valence-electron chi connectivity index (χ3n) is 4.39. The van der Waals surface area contributed by atoms with Gasteiger partial charge >= 0.3 is 0 Å². The molecule has 0 atom stereocenters. The van der Waals surface area contributed by atoms with Gasteiger partial charge in [-0.15, -0.1) is 0 Å². The topological polar surface area (TPSA) is 85.5 Å². The molecule has 0 saturated carbocycles. The fourth-order valence-electron chi connectivity index (χ4n) is 2.90. The zero-order chi connectivity index (χ0) is 18.0. The maximum absolute atomic E-state index is 13.0. The quantitative estimate of drug-likeness (QED) is 0.810. The van der Waals surface area contributed by atoms with E-state index in [1.807, 2.05) is 6.92 Å². The molecule has 1 fully saturated rings. The van der Waals surface area contributed by atoms with E-state index in [0.717, 1.165) is 12.8 Å². The Morgan fingerprint density at radius 3 is 2.64 bits per heavy atom. The van der Waals surface area contributed by atoms with Crippen LogP contribution in [-0.4, -0.2) is 42.6 Å². The molecular weight excluding hydrogens is 342 g/mol. The van der Waals surface area contributed by atoms with E-state index in [-0.39, 0.29) is 10.8 Å². The summed E-state index contributed by atoms with van der Waals surface area (Å²) >= 11 is 0. The van der Waals surface area contributed by atoms with Crippen molar-refractivity contribution in [2.45, 2.75) is 38.5 Å². The minimum absolute atomic E-state index is 0.219. The summed E-state index contributed by atoms with van der Waals surface area (Å²) in [5.74, 6) is 1.82. The summed E-state index contributed by atoms with van der Waals surface area (Å²) in [6.45, 7) is 7.27. The molecule has 0 unspecified atom stereocenters. The lowest BCUT2D eigenvalue weighted by Crippen LogP contribution is -2.37. The predicted molar refractivity (Wildman–Crippen MR) is 92.8 cm³/mol. The molecule has 1 aromatic carbocycles. The van der Waals surface area contributed by atoms with Crippen molar-refractivity contribution in [3.05, 3.63) is 24.0 Å². The minimum atomic E-state index is -3.55. The molecule has 0 amide bonds. The zero-order valence-electron chi connectivity index (χ0n) is 14.7. The number of aryl methyl sites for hydroxylation is 1. The number of sulfonamides is 1. The lowest BCUT2D eigenvalue weighted by Gasteiger charge is -2.29. The lowest BCUT2D eigenvalue weighted by atomic mass is 10.0. The lowest BCUT2D eigenvalue weighted by molar-refractivity contribution is 0.288. The van der Waals surface area contributed by atoms with Gasteiger partial charge in [0.2, 0.25) is 10.0 Å². The summed E-state index contributed by atoms with van der Waals surface area (Å²) in [7, 11) is -3.55. The summed E-state index contributed by atoms with van der Waals surface area (Å²) in [5.41, 5.74) is 0.494. The molecule has 2 aromatic rings. The molecule has 3 rings (SSSR count). The van der Waals surface area contributed by atoms with Crippen LogP contribution < -0.4 is 4.74 Å². The van der Waals surface area contributed by atoms with Crippen molar-refractivity contribution in [1.82, 2.24) is 14.4 Å². The van der Waals surface area contributed by atoms with Crippen molar-refractivity contribution in [3.8, 4) is 17.2 Å². The molecule has 0 spiro atoms. The maximum Gasteiger partial charge on any atom is 0.261 e. The second kappa shape index (κ2) is 7.13. The third kappa shape index (κ3) is 3.69. The number of hydrogen-bond donors (Lipinski definition) is 0. The van der Waals surface area contributed by atoms with Crippen LogP contribution >= 0.6 is 0 Å². The highest BCUT2D eigenvalue weighted by Crippen LogP contribution is 2.33. The van der Waals surface area contributed by atoms with E-state index in [2.05, 4.69) is 17.1 Å². The van der Waals surface area contributed by atoms with Crippen LogP contribution in [0.2, 0.25) is 0 Å². The van der Waals surface area contributed by atoms with Gasteiger partial charge in [0, 0.05) is 13.1 Å². The van der Waals surface area contributed by atoms with Crippen molar-refractivity contribution in [2.75, 3.05) is 19.7 Å². The Morgan fingerprint density at radius 1 is 1.32 bits per heavy atom. The SMILES string of the molecule is CCOc1ccc(S(=O)(=O)N2CCC(C)CC2)cc1-c1nc(C)no1. The van der Waals surface area contributed by atoms with Gasteiger partial charge in [-0.1, -0.05) is 12.1 Å². The van der Waals surface area contributed by atoms with E-state index in [1.54, 1.807) is 29.4 Å². The summed E-state index contributed by atoms with van der Waals surface area (Å²) in [5, 5.41) is 3.78. The van der Waals surface area contributed by atoms with Crippen molar-refractivity contribution < 1.29 is 17.7 Å². The first-order valence-corrected chi connectivity index (χ1v) is 9.93. The number of rotatable bonds is 5. The molecule has 1 aliphatic rings. The zero-order valence-corrected chi connectivity index (χ0v) is 15.5. The first kappa shape index (κ1) is 17.9. The summed E-state index contributed by atoms with van der Waals surface area (Å²) in [6, 6.07) is 4.79. The van der Waals surface area contributed by atoms with Crippen LogP contribution in [0.15, 0.2) is 27.6 Å². The third-order valence-corrected chi connectivity index (χ3v) is 6.28. The first-order valence-electron chi connectivity index (χ1n) is 8.49. The number of hydrogen-bond acceptors (Lipinski definition) is 6. The number of benzene rings is 1. The summed E-state index contributed by atoms with van der Waals surface area (Å²) in [4.78, 5) is 4.42. The average molecular weight is 365 g/mol. The van der Waals surface area contributed by atoms with Gasteiger partial charge < -0.3 is 9.26 Å².